The van der Waals surface area contributed by atoms with Crippen molar-refractivity contribution >= 4 is 23.1 Å². The zero-order valence-electron chi connectivity index (χ0n) is 18.0. The normalized spacial score (nSPS) is 19.4. The molecule has 6 heteroatoms. The lowest BCUT2D eigenvalue weighted by atomic mass is 9.97. The van der Waals surface area contributed by atoms with E-state index < -0.39 is 0 Å². The fourth-order valence-corrected chi connectivity index (χ4v) is 4.36. The van der Waals surface area contributed by atoms with Gasteiger partial charge >= 0.3 is 0 Å². The van der Waals surface area contributed by atoms with Gasteiger partial charge in [-0.15, -0.1) is 0 Å². The van der Waals surface area contributed by atoms with Gasteiger partial charge in [0.05, 0.1) is 18.4 Å². The van der Waals surface area contributed by atoms with Crippen LogP contribution in [0.4, 0.5) is 5.69 Å². The minimum Gasteiger partial charge on any atom is -0.497 e. The van der Waals surface area contributed by atoms with Crippen LogP contribution in [0.25, 0.3) is 5.57 Å². The van der Waals surface area contributed by atoms with Crippen molar-refractivity contribution in [2.45, 2.75) is 26.2 Å². The maximum atomic E-state index is 13.6. The number of amides is 2. The van der Waals surface area contributed by atoms with E-state index in [0.29, 0.717) is 41.4 Å². The van der Waals surface area contributed by atoms with Gasteiger partial charge in [-0.2, -0.15) is 0 Å². The van der Waals surface area contributed by atoms with Crippen molar-refractivity contribution < 1.29 is 19.4 Å². The fraction of sp³-hybridized carbons (Fsp3) is 0.360. The number of carbonyl (C=O) groups excluding carboxylic acids is 2. The number of aryl methyl sites for hydroxylation is 1. The number of benzene rings is 2. The molecule has 0 saturated carbocycles. The van der Waals surface area contributed by atoms with Gasteiger partial charge in [-0.05, 0) is 60.6 Å². The molecule has 2 aliphatic heterocycles. The SMILES string of the molecule is CCc1ccc(N2C(=O)C(c3ccc(OC)cc3)=C(N3CCCC(CO)C3)C2=O)cc1. The van der Waals surface area contributed by atoms with Gasteiger partial charge in [0.2, 0.25) is 0 Å². The summed E-state index contributed by atoms with van der Waals surface area (Å²) in [5, 5.41) is 9.67. The third-order valence-corrected chi connectivity index (χ3v) is 6.13. The number of hydrogen-bond acceptors (Lipinski definition) is 5. The number of likely N-dealkylation sites (tertiary alicyclic amines) is 1. The molecule has 31 heavy (non-hydrogen) atoms. The van der Waals surface area contributed by atoms with E-state index in [2.05, 4.69) is 6.92 Å². The maximum Gasteiger partial charge on any atom is 0.282 e. The van der Waals surface area contributed by atoms with Gasteiger partial charge in [0, 0.05) is 19.7 Å². The first-order valence-electron chi connectivity index (χ1n) is 10.8. The van der Waals surface area contributed by atoms with Crippen molar-refractivity contribution in [3.8, 4) is 5.75 Å². The first-order valence-corrected chi connectivity index (χ1v) is 10.8. The molecule has 2 aromatic carbocycles. The van der Waals surface area contributed by atoms with Crippen LogP contribution < -0.4 is 9.64 Å². The number of imide groups is 1. The molecule has 6 nitrogen and oxygen atoms in total. The Labute approximate surface area is 182 Å². The number of aliphatic hydroxyl groups is 1. The van der Waals surface area contributed by atoms with E-state index in [1.54, 1.807) is 19.2 Å². The van der Waals surface area contributed by atoms with Gasteiger partial charge in [-0.1, -0.05) is 31.2 Å². The average molecular weight is 421 g/mol. The highest BCUT2D eigenvalue weighted by Gasteiger charge is 2.43. The predicted molar refractivity (Wildman–Crippen MR) is 120 cm³/mol. The Hall–Kier alpha value is -3.12. The minimum absolute atomic E-state index is 0.0754. The first-order chi connectivity index (χ1) is 15.1. The van der Waals surface area contributed by atoms with Crippen LogP contribution in [0.1, 0.15) is 30.9 Å². The number of anilines is 1. The molecule has 2 heterocycles. The quantitative estimate of drug-likeness (QED) is 0.727. The largest absolute Gasteiger partial charge is 0.497 e. The second-order valence-electron chi connectivity index (χ2n) is 8.05. The van der Waals surface area contributed by atoms with Crippen LogP contribution >= 0.6 is 0 Å². The molecule has 2 amide bonds. The third kappa shape index (κ3) is 3.95. The number of nitrogens with zero attached hydrogens (tertiary/aromatic N) is 2. The molecule has 2 aliphatic rings. The van der Waals surface area contributed by atoms with Crippen molar-refractivity contribution in [1.29, 1.82) is 0 Å². The monoisotopic (exact) mass is 420 g/mol. The second kappa shape index (κ2) is 8.94. The summed E-state index contributed by atoms with van der Waals surface area (Å²) in [6.07, 6.45) is 2.68. The van der Waals surface area contributed by atoms with E-state index in [4.69, 9.17) is 4.74 Å². The van der Waals surface area contributed by atoms with Gasteiger partial charge < -0.3 is 14.7 Å². The van der Waals surface area contributed by atoms with Gasteiger partial charge in [0.15, 0.2) is 0 Å². The van der Waals surface area contributed by atoms with Crippen LogP contribution in [-0.2, 0) is 16.0 Å². The minimum atomic E-state index is -0.319. The molecule has 1 N–H and O–H groups in total. The van der Waals surface area contributed by atoms with Crippen molar-refractivity contribution in [2.75, 3.05) is 31.7 Å². The second-order valence-corrected chi connectivity index (χ2v) is 8.05. The zero-order valence-corrected chi connectivity index (χ0v) is 18.0. The molecule has 162 valence electrons. The Balaban J connectivity index is 1.78. The molecular weight excluding hydrogens is 392 g/mol. The van der Waals surface area contributed by atoms with Crippen LogP contribution in [0.3, 0.4) is 0 Å². The smallest absolute Gasteiger partial charge is 0.282 e. The van der Waals surface area contributed by atoms with Crippen LogP contribution in [0.15, 0.2) is 54.2 Å². The molecule has 0 aromatic heterocycles. The maximum absolute atomic E-state index is 13.6. The molecular formula is C25H28N2O4. The van der Waals surface area contributed by atoms with Crippen LogP contribution in [0, 0.1) is 5.92 Å². The molecule has 4 rings (SSSR count). The number of aliphatic hydroxyl groups excluding tert-OH is 1. The molecule has 1 atom stereocenters. The van der Waals surface area contributed by atoms with E-state index >= 15 is 0 Å². The van der Waals surface area contributed by atoms with Gasteiger partial charge in [-0.3, -0.25) is 9.59 Å². The first kappa shape index (κ1) is 21.1. The Morgan fingerprint density at radius 3 is 2.35 bits per heavy atom. The topological polar surface area (TPSA) is 70.1 Å². The lowest BCUT2D eigenvalue weighted by molar-refractivity contribution is -0.120. The number of piperidine rings is 1. The summed E-state index contributed by atoms with van der Waals surface area (Å²) in [7, 11) is 1.59. The highest BCUT2D eigenvalue weighted by molar-refractivity contribution is 6.45. The molecule has 0 radical (unpaired) electrons. The Bertz CT molecular complexity index is 995. The Kier molecular flexibility index (Phi) is 6.09. The molecule has 0 bridgehead atoms. The van der Waals surface area contributed by atoms with Crippen LogP contribution in [0.2, 0.25) is 0 Å². The number of hydrogen-bond donors (Lipinski definition) is 1. The van der Waals surface area contributed by atoms with Crippen molar-refractivity contribution in [3.05, 3.63) is 65.4 Å². The van der Waals surface area contributed by atoms with E-state index in [1.807, 2.05) is 41.3 Å². The van der Waals surface area contributed by atoms with E-state index in [0.717, 1.165) is 24.8 Å². The summed E-state index contributed by atoms with van der Waals surface area (Å²) < 4.78 is 5.25. The summed E-state index contributed by atoms with van der Waals surface area (Å²) in [4.78, 5) is 30.4. The summed E-state index contributed by atoms with van der Waals surface area (Å²) in [6, 6.07) is 14.8. The summed E-state index contributed by atoms with van der Waals surface area (Å²) in [5.74, 6) is 0.159. The lowest BCUT2D eigenvalue weighted by Crippen LogP contribution is -2.40. The molecule has 0 aliphatic carbocycles. The number of carbonyl (C=O) groups is 2. The van der Waals surface area contributed by atoms with E-state index in [1.165, 1.54) is 4.90 Å². The number of ether oxygens (including phenoxy) is 1. The van der Waals surface area contributed by atoms with Gasteiger partial charge in [0.1, 0.15) is 11.4 Å². The highest BCUT2D eigenvalue weighted by Crippen LogP contribution is 2.37. The molecule has 1 saturated heterocycles. The standard InChI is InChI=1S/C25H28N2O4/c1-3-17-6-10-20(11-7-17)27-24(29)22(19-8-12-21(31-2)13-9-19)23(25(27)30)26-14-4-5-18(15-26)16-28/h6-13,18,28H,3-5,14-16H2,1-2H3. The number of rotatable bonds is 6. The van der Waals surface area contributed by atoms with Crippen molar-refractivity contribution in [1.82, 2.24) is 4.90 Å². The summed E-state index contributed by atoms with van der Waals surface area (Å²) in [5.41, 5.74) is 3.24. The molecule has 2 aromatic rings. The lowest BCUT2D eigenvalue weighted by Gasteiger charge is -2.34. The van der Waals surface area contributed by atoms with Gasteiger partial charge in [0.25, 0.3) is 11.8 Å². The van der Waals surface area contributed by atoms with Gasteiger partial charge in [-0.25, -0.2) is 4.90 Å². The third-order valence-electron chi connectivity index (χ3n) is 6.13. The molecule has 1 unspecified atom stereocenters. The fourth-order valence-electron chi connectivity index (χ4n) is 4.36. The highest BCUT2D eigenvalue weighted by atomic mass is 16.5. The number of methoxy groups -OCH3 is 1. The zero-order chi connectivity index (χ0) is 22.0. The van der Waals surface area contributed by atoms with Crippen molar-refractivity contribution in [2.24, 2.45) is 5.92 Å². The van der Waals surface area contributed by atoms with Crippen molar-refractivity contribution in [3.63, 3.8) is 0 Å². The van der Waals surface area contributed by atoms with Crippen LogP contribution in [0.5, 0.6) is 5.75 Å². The summed E-state index contributed by atoms with van der Waals surface area (Å²) >= 11 is 0. The molecule has 0 spiro atoms. The molecule has 1 fully saturated rings. The van der Waals surface area contributed by atoms with E-state index in [-0.39, 0.29) is 24.3 Å². The summed E-state index contributed by atoms with van der Waals surface area (Å²) in [6.45, 7) is 3.39. The predicted octanol–water partition coefficient (Wildman–Crippen LogP) is 3.25. The average Bonchev–Trinajstić information content (AvgIpc) is 3.09. The van der Waals surface area contributed by atoms with Crippen LogP contribution in [-0.4, -0.2) is 48.6 Å². The Morgan fingerprint density at radius 1 is 1.03 bits per heavy atom. The Morgan fingerprint density at radius 2 is 1.74 bits per heavy atom. The van der Waals surface area contributed by atoms with E-state index in [9.17, 15) is 14.7 Å².